The highest BCUT2D eigenvalue weighted by atomic mass is 32.2. The number of ether oxygens (including phenoxy) is 1. The molecule has 0 aliphatic rings. The minimum atomic E-state index is -3.98. The van der Waals surface area contributed by atoms with Gasteiger partial charge in [0.15, 0.2) is 0 Å². The molecule has 0 saturated carbocycles. The topological polar surface area (TPSA) is 75.7 Å². The standard InChI is InChI=1S/C30H38N2O4S/c1-19(2)26-17-27(23(6)16-29(26)36-8)24(7)31-30(33)18-32(28-15-21(4)9-12-22(28)5)37(34,35)25-13-10-20(3)11-14-25/h9-17,19,24H,18H2,1-8H3,(H,31,33)/t24-/m0/s1. The van der Waals surface area contributed by atoms with Crippen LogP contribution in [0.2, 0.25) is 0 Å². The highest BCUT2D eigenvalue weighted by molar-refractivity contribution is 7.92. The first-order valence-corrected chi connectivity index (χ1v) is 13.9. The Hall–Kier alpha value is -3.32. The minimum Gasteiger partial charge on any atom is -0.496 e. The molecule has 0 aliphatic carbocycles. The molecule has 0 unspecified atom stereocenters. The largest absolute Gasteiger partial charge is 0.496 e. The molecule has 3 aromatic carbocycles. The monoisotopic (exact) mass is 522 g/mol. The van der Waals surface area contributed by atoms with Gasteiger partial charge < -0.3 is 10.1 Å². The Bertz CT molecular complexity index is 1380. The zero-order chi connectivity index (χ0) is 27.5. The molecular formula is C30H38N2O4S. The molecule has 0 radical (unpaired) electrons. The Balaban J connectivity index is 1.96. The van der Waals surface area contributed by atoms with Crippen LogP contribution in [0.3, 0.4) is 0 Å². The first kappa shape index (κ1) is 28.3. The van der Waals surface area contributed by atoms with Crippen molar-refractivity contribution in [2.45, 2.75) is 65.3 Å². The summed E-state index contributed by atoms with van der Waals surface area (Å²) in [5.41, 5.74) is 6.15. The Kier molecular flexibility index (Phi) is 8.69. The van der Waals surface area contributed by atoms with E-state index in [9.17, 15) is 13.2 Å². The van der Waals surface area contributed by atoms with Gasteiger partial charge in [0.1, 0.15) is 12.3 Å². The maximum atomic E-state index is 13.8. The quantitative estimate of drug-likeness (QED) is 0.367. The van der Waals surface area contributed by atoms with Crippen LogP contribution in [0.5, 0.6) is 5.75 Å². The summed E-state index contributed by atoms with van der Waals surface area (Å²) >= 11 is 0. The van der Waals surface area contributed by atoms with Crippen LogP contribution in [0.15, 0.2) is 59.5 Å². The number of benzene rings is 3. The highest BCUT2D eigenvalue weighted by Gasteiger charge is 2.29. The zero-order valence-corrected chi connectivity index (χ0v) is 23.9. The van der Waals surface area contributed by atoms with Gasteiger partial charge in [0, 0.05) is 0 Å². The van der Waals surface area contributed by atoms with Crippen molar-refractivity contribution in [3.63, 3.8) is 0 Å². The lowest BCUT2D eigenvalue weighted by Crippen LogP contribution is -2.42. The molecule has 0 aliphatic heterocycles. The number of methoxy groups -OCH3 is 1. The number of rotatable bonds is 9. The average molecular weight is 523 g/mol. The molecule has 1 atom stereocenters. The van der Waals surface area contributed by atoms with E-state index in [1.54, 1.807) is 37.4 Å². The Labute approximate surface area is 221 Å². The smallest absolute Gasteiger partial charge is 0.264 e. The number of amides is 1. The molecule has 1 amide bonds. The molecule has 7 heteroatoms. The predicted octanol–water partition coefficient (Wildman–Crippen LogP) is 6.12. The fourth-order valence-electron chi connectivity index (χ4n) is 4.43. The molecule has 198 valence electrons. The van der Waals surface area contributed by atoms with Gasteiger partial charge in [0.25, 0.3) is 10.0 Å². The minimum absolute atomic E-state index is 0.146. The Morgan fingerprint density at radius 2 is 1.49 bits per heavy atom. The van der Waals surface area contributed by atoms with Crippen LogP contribution in [0.4, 0.5) is 5.69 Å². The van der Waals surface area contributed by atoms with E-state index in [0.717, 1.165) is 39.1 Å². The first-order chi connectivity index (χ1) is 17.3. The number of sulfonamides is 1. The van der Waals surface area contributed by atoms with Crippen molar-refractivity contribution in [2.24, 2.45) is 0 Å². The molecule has 1 N–H and O–H groups in total. The fourth-order valence-corrected chi connectivity index (χ4v) is 5.91. The van der Waals surface area contributed by atoms with E-state index in [-0.39, 0.29) is 29.3 Å². The molecule has 3 aromatic rings. The van der Waals surface area contributed by atoms with Gasteiger partial charge >= 0.3 is 0 Å². The molecule has 0 fully saturated rings. The molecule has 0 heterocycles. The number of hydrogen-bond acceptors (Lipinski definition) is 4. The summed E-state index contributed by atoms with van der Waals surface area (Å²) in [6.45, 7) is 13.4. The van der Waals surface area contributed by atoms with Crippen LogP contribution in [0.1, 0.15) is 66.1 Å². The van der Waals surface area contributed by atoms with Crippen LogP contribution in [-0.4, -0.2) is 28.0 Å². The zero-order valence-electron chi connectivity index (χ0n) is 23.0. The summed E-state index contributed by atoms with van der Waals surface area (Å²) in [6, 6.07) is 16.0. The maximum absolute atomic E-state index is 13.8. The third-order valence-corrected chi connectivity index (χ3v) is 8.39. The number of anilines is 1. The van der Waals surface area contributed by atoms with Gasteiger partial charge in [0.2, 0.25) is 5.91 Å². The van der Waals surface area contributed by atoms with Gasteiger partial charge in [-0.05, 0) is 98.7 Å². The number of aryl methyl sites for hydroxylation is 4. The summed E-state index contributed by atoms with van der Waals surface area (Å²) in [4.78, 5) is 13.5. The number of carbonyl (C=O) groups is 1. The lowest BCUT2D eigenvalue weighted by atomic mass is 9.93. The van der Waals surface area contributed by atoms with Crippen LogP contribution >= 0.6 is 0 Å². The fraction of sp³-hybridized carbons (Fsp3) is 0.367. The molecule has 6 nitrogen and oxygen atoms in total. The lowest BCUT2D eigenvalue weighted by molar-refractivity contribution is -0.120. The van der Waals surface area contributed by atoms with E-state index in [2.05, 4.69) is 25.2 Å². The molecule has 0 saturated heterocycles. The van der Waals surface area contributed by atoms with Crippen molar-refractivity contribution in [3.05, 3.63) is 88.0 Å². The van der Waals surface area contributed by atoms with Gasteiger partial charge in [0.05, 0.1) is 23.7 Å². The molecule has 0 spiro atoms. The second-order valence-corrected chi connectivity index (χ2v) is 11.9. The van der Waals surface area contributed by atoms with E-state index < -0.39 is 10.0 Å². The number of hydrogen-bond donors (Lipinski definition) is 1. The maximum Gasteiger partial charge on any atom is 0.264 e. The normalized spacial score (nSPS) is 12.4. The Morgan fingerprint density at radius 1 is 0.865 bits per heavy atom. The second kappa shape index (κ2) is 11.4. The summed E-state index contributed by atoms with van der Waals surface area (Å²) < 4.78 is 34.3. The molecule has 37 heavy (non-hydrogen) atoms. The first-order valence-electron chi connectivity index (χ1n) is 12.5. The van der Waals surface area contributed by atoms with E-state index in [1.807, 2.05) is 52.8 Å². The molecule has 3 rings (SSSR count). The van der Waals surface area contributed by atoms with Gasteiger partial charge in [-0.3, -0.25) is 9.10 Å². The summed E-state index contributed by atoms with van der Waals surface area (Å²) in [5.74, 6) is 0.683. The van der Waals surface area contributed by atoms with Crippen LogP contribution in [-0.2, 0) is 14.8 Å². The van der Waals surface area contributed by atoms with E-state index in [4.69, 9.17) is 4.74 Å². The Morgan fingerprint density at radius 3 is 2.08 bits per heavy atom. The SMILES string of the molecule is COc1cc(C)c([C@H](C)NC(=O)CN(c2cc(C)ccc2C)S(=O)(=O)c2ccc(C)cc2)cc1C(C)C. The van der Waals surface area contributed by atoms with Gasteiger partial charge in [-0.25, -0.2) is 8.42 Å². The van der Waals surface area contributed by atoms with Crippen molar-refractivity contribution >= 4 is 21.6 Å². The van der Waals surface area contributed by atoms with Crippen molar-refractivity contribution in [2.75, 3.05) is 18.0 Å². The van der Waals surface area contributed by atoms with Gasteiger partial charge in [-0.2, -0.15) is 0 Å². The van der Waals surface area contributed by atoms with E-state index in [1.165, 1.54) is 4.31 Å². The van der Waals surface area contributed by atoms with Crippen LogP contribution in [0.25, 0.3) is 0 Å². The third kappa shape index (κ3) is 6.34. The second-order valence-electron chi connectivity index (χ2n) is 10.0. The lowest BCUT2D eigenvalue weighted by Gasteiger charge is -2.27. The summed E-state index contributed by atoms with van der Waals surface area (Å²) in [6.07, 6.45) is 0. The molecule has 0 bridgehead atoms. The average Bonchev–Trinajstić information content (AvgIpc) is 2.83. The predicted molar refractivity (Wildman–Crippen MR) is 150 cm³/mol. The number of carbonyl (C=O) groups excluding carboxylic acids is 1. The number of nitrogens with zero attached hydrogens (tertiary/aromatic N) is 1. The van der Waals surface area contributed by atoms with Crippen LogP contribution in [0, 0.1) is 27.7 Å². The van der Waals surface area contributed by atoms with Crippen molar-refractivity contribution in [1.29, 1.82) is 0 Å². The van der Waals surface area contributed by atoms with Crippen molar-refractivity contribution in [1.82, 2.24) is 5.32 Å². The number of nitrogens with one attached hydrogen (secondary N) is 1. The molecule has 0 aromatic heterocycles. The summed E-state index contributed by atoms with van der Waals surface area (Å²) in [5, 5.41) is 3.02. The highest BCUT2D eigenvalue weighted by Crippen LogP contribution is 2.32. The molecular weight excluding hydrogens is 484 g/mol. The summed E-state index contributed by atoms with van der Waals surface area (Å²) in [7, 11) is -2.33. The van der Waals surface area contributed by atoms with Crippen LogP contribution < -0.4 is 14.4 Å². The van der Waals surface area contributed by atoms with Crippen molar-refractivity contribution < 1.29 is 17.9 Å². The van der Waals surface area contributed by atoms with Crippen molar-refractivity contribution in [3.8, 4) is 5.75 Å². The van der Waals surface area contributed by atoms with Gasteiger partial charge in [-0.15, -0.1) is 0 Å². The van der Waals surface area contributed by atoms with Gasteiger partial charge in [-0.1, -0.05) is 43.7 Å². The third-order valence-electron chi connectivity index (χ3n) is 6.61. The van der Waals surface area contributed by atoms with E-state index in [0.29, 0.717) is 5.69 Å². The van der Waals surface area contributed by atoms with E-state index >= 15 is 0 Å².